The summed E-state index contributed by atoms with van der Waals surface area (Å²) in [5, 5.41) is 10.7. The van der Waals surface area contributed by atoms with Gasteiger partial charge >= 0.3 is 0 Å². The Morgan fingerprint density at radius 3 is 2.59 bits per heavy atom. The molecule has 27 heavy (non-hydrogen) atoms. The third-order valence-corrected chi connectivity index (χ3v) is 5.04. The fourth-order valence-corrected chi connectivity index (χ4v) is 3.69. The summed E-state index contributed by atoms with van der Waals surface area (Å²) in [6.45, 7) is 2.08. The lowest BCUT2D eigenvalue weighted by Gasteiger charge is -2.17. The standard InChI is InChI=1S/C24H20N2O/c1-2-20-15-19-7-6-10-22(18-13-11-17(16-25)12-14-18)23(19)24(27)26(20)21-8-4-3-5-9-21/h4,6-15H,2-3,5H2,1H3. The van der Waals surface area contributed by atoms with Crippen molar-refractivity contribution < 1.29 is 0 Å². The van der Waals surface area contributed by atoms with Crippen molar-refractivity contribution in [1.29, 1.82) is 5.26 Å². The van der Waals surface area contributed by atoms with E-state index >= 15 is 0 Å². The van der Waals surface area contributed by atoms with Gasteiger partial charge in [-0.1, -0.05) is 49.4 Å². The fraction of sp³-hybridized carbons (Fsp3) is 0.167. The van der Waals surface area contributed by atoms with E-state index in [0.29, 0.717) is 5.56 Å². The minimum atomic E-state index is 0.0158. The monoisotopic (exact) mass is 352 g/mol. The minimum Gasteiger partial charge on any atom is -0.281 e. The SMILES string of the molecule is CCc1cc2cccc(-c3ccc(C#N)cc3)c2c(=O)n1C1=CCCC=C1. The van der Waals surface area contributed by atoms with Crippen LogP contribution >= 0.6 is 0 Å². The summed E-state index contributed by atoms with van der Waals surface area (Å²) in [4.78, 5) is 13.6. The number of pyridine rings is 1. The number of aryl methyl sites for hydroxylation is 1. The second kappa shape index (κ2) is 7.09. The van der Waals surface area contributed by atoms with Crippen LogP contribution in [0.25, 0.3) is 27.6 Å². The zero-order valence-electron chi connectivity index (χ0n) is 15.3. The van der Waals surface area contributed by atoms with Crippen LogP contribution in [0.3, 0.4) is 0 Å². The first-order valence-electron chi connectivity index (χ1n) is 9.28. The van der Waals surface area contributed by atoms with Crippen LogP contribution in [0.2, 0.25) is 0 Å². The molecule has 0 saturated carbocycles. The third kappa shape index (κ3) is 3.00. The van der Waals surface area contributed by atoms with E-state index in [4.69, 9.17) is 5.26 Å². The van der Waals surface area contributed by atoms with Crippen molar-refractivity contribution in [3.8, 4) is 17.2 Å². The van der Waals surface area contributed by atoms with E-state index in [0.717, 1.165) is 52.6 Å². The van der Waals surface area contributed by atoms with Crippen molar-refractivity contribution in [3.63, 3.8) is 0 Å². The smallest absolute Gasteiger partial charge is 0.263 e. The van der Waals surface area contributed by atoms with E-state index in [-0.39, 0.29) is 5.56 Å². The molecule has 3 nitrogen and oxygen atoms in total. The van der Waals surface area contributed by atoms with E-state index < -0.39 is 0 Å². The van der Waals surface area contributed by atoms with Crippen LogP contribution < -0.4 is 5.56 Å². The maximum atomic E-state index is 13.6. The van der Waals surface area contributed by atoms with E-state index in [1.165, 1.54) is 0 Å². The lowest BCUT2D eigenvalue weighted by Crippen LogP contribution is -2.23. The third-order valence-electron chi connectivity index (χ3n) is 5.04. The summed E-state index contributed by atoms with van der Waals surface area (Å²) >= 11 is 0. The average Bonchev–Trinajstić information content (AvgIpc) is 2.73. The molecule has 0 N–H and O–H groups in total. The van der Waals surface area contributed by atoms with Crippen LogP contribution in [0.5, 0.6) is 0 Å². The molecule has 1 heterocycles. The van der Waals surface area contributed by atoms with Gasteiger partial charge in [-0.15, -0.1) is 0 Å². The molecule has 132 valence electrons. The van der Waals surface area contributed by atoms with Gasteiger partial charge in [0.2, 0.25) is 0 Å². The predicted molar refractivity (Wildman–Crippen MR) is 110 cm³/mol. The first-order chi connectivity index (χ1) is 13.2. The number of nitriles is 1. The van der Waals surface area contributed by atoms with Gasteiger partial charge < -0.3 is 0 Å². The summed E-state index contributed by atoms with van der Waals surface area (Å²) < 4.78 is 1.85. The molecular formula is C24H20N2O. The number of rotatable bonds is 3. The molecule has 0 saturated heterocycles. The van der Waals surface area contributed by atoms with Gasteiger partial charge in [-0.2, -0.15) is 5.26 Å². The summed E-state index contributed by atoms with van der Waals surface area (Å²) in [6.07, 6.45) is 9.06. The number of benzene rings is 2. The van der Waals surface area contributed by atoms with Gasteiger partial charge in [0.1, 0.15) is 0 Å². The predicted octanol–water partition coefficient (Wildman–Crippen LogP) is 5.29. The van der Waals surface area contributed by atoms with Gasteiger partial charge in [0.15, 0.2) is 0 Å². The molecule has 1 aromatic heterocycles. The second-order valence-electron chi connectivity index (χ2n) is 6.70. The topological polar surface area (TPSA) is 45.8 Å². The molecule has 3 aromatic rings. The summed E-state index contributed by atoms with van der Waals surface area (Å²) in [7, 11) is 0. The number of hydrogen-bond acceptors (Lipinski definition) is 2. The minimum absolute atomic E-state index is 0.0158. The highest BCUT2D eigenvalue weighted by molar-refractivity contribution is 5.96. The molecule has 0 radical (unpaired) electrons. The number of aromatic nitrogens is 1. The zero-order chi connectivity index (χ0) is 18.8. The Morgan fingerprint density at radius 2 is 1.93 bits per heavy atom. The molecule has 0 amide bonds. The number of allylic oxidation sites excluding steroid dienone is 4. The molecule has 0 atom stereocenters. The molecule has 0 spiro atoms. The van der Waals surface area contributed by atoms with E-state index in [9.17, 15) is 4.79 Å². The van der Waals surface area contributed by atoms with Crippen LogP contribution in [0.15, 0.2) is 71.6 Å². The first-order valence-corrected chi connectivity index (χ1v) is 9.28. The summed E-state index contributed by atoms with van der Waals surface area (Å²) in [5.74, 6) is 0. The maximum Gasteiger partial charge on any atom is 0.263 e. The fourth-order valence-electron chi connectivity index (χ4n) is 3.69. The van der Waals surface area contributed by atoms with Gasteiger partial charge in [0.25, 0.3) is 5.56 Å². The van der Waals surface area contributed by atoms with Crippen LogP contribution in [0.1, 0.15) is 31.0 Å². The van der Waals surface area contributed by atoms with Gasteiger partial charge in [-0.05, 0) is 60.1 Å². The molecule has 0 aliphatic heterocycles. The summed E-state index contributed by atoms with van der Waals surface area (Å²) in [6, 6.07) is 17.6. The van der Waals surface area contributed by atoms with Crippen LogP contribution in [-0.4, -0.2) is 4.57 Å². The van der Waals surface area contributed by atoms with E-state index in [1.807, 2.05) is 41.0 Å². The number of nitrogens with zero attached hydrogens (tertiary/aromatic N) is 2. The van der Waals surface area contributed by atoms with Gasteiger partial charge in [-0.3, -0.25) is 9.36 Å². The van der Waals surface area contributed by atoms with Crippen molar-refractivity contribution in [3.05, 3.63) is 88.4 Å². The van der Waals surface area contributed by atoms with Gasteiger partial charge in [0, 0.05) is 11.4 Å². The molecular weight excluding hydrogens is 332 g/mol. The molecule has 0 bridgehead atoms. The van der Waals surface area contributed by atoms with Crippen molar-refractivity contribution >= 4 is 16.5 Å². The highest BCUT2D eigenvalue weighted by Gasteiger charge is 2.15. The highest BCUT2D eigenvalue weighted by Crippen LogP contribution is 2.28. The van der Waals surface area contributed by atoms with Crippen molar-refractivity contribution in [2.75, 3.05) is 0 Å². The number of hydrogen-bond donors (Lipinski definition) is 0. The van der Waals surface area contributed by atoms with Gasteiger partial charge in [-0.25, -0.2) is 0 Å². The molecule has 3 heteroatoms. The second-order valence-corrected chi connectivity index (χ2v) is 6.70. The molecule has 2 aromatic carbocycles. The maximum absolute atomic E-state index is 13.6. The van der Waals surface area contributed by atoms with Crippen LogP contribution in [-0.2, 0) is 6.42 Å². The highest BCUT2D eigenvalue weighted by atomic mass is 16.1. The lowest BCUT2D eigenvalue weighted by atomic mass is 9.97. The Bertz CT molecular complexity index is 1170. The molecule has 0 fully saturated rings. The van der Waals surface area contributed by atoms with Crippen molar-refractivity contribution in [2.24, 2.45) is 0 Å². The first kappa shape index (κ1) is 17.1. The van der Waals surface area contributed by atoms with E-state index in [2.05, 4.69) is 31.2 Å². The lowest BCUT2D eigenvalue weighted by molar-refractivity contribution is 0.895. The normalized spacial score (nSPS) is 13.4. The van der Waals surface area contributed by atoms with Crippen molar-refractivity contribution in [1.82, 2.24) is 4.57 Å². The summed E-state index contributed by atoms with van der Waals surface area (Å²) in [5.41, 5.74) is 4.45. The molecule has 4 rings (SSSR count). The molecule has 0 unspecified atom stereocenters. The Kier molecular flexibility index (Phi) is 4.48. The largest absolute Gasteiger partial charge is 0.281 e. The molecule has 1 aliphatic rings. The average molecular weight is 352 g/mol. The Hall–Kier alpha value is -3.38. The quantitative estimate of drug-likeness (QED) is 0.642. The Balaban J connectivity index is 2.02. The van der Waals surface area contributed by atoms with Crippen molar-refractivity contribution in [2.45, 2.75) is 26.2 Å². The van der Waals surface area contributed by atoms with Gasteiger partial charge in [0.05, 0.1) is 17.0 Å². The zero-order valence-corrected chi connectivity index (χ0v) is 15.3. The number of fused-ring (bicyclic) bond motifs is 1. The molecule has 1 aliphatic carbocycles. The Labute approximate surface area is 158 Å². The Morgan fingerprint density at radius 1 is 1.11 bits per heavy atom. The van der Waals surface area contributed by atoms with Crippen LogP contribution in [0, 0.1) is 11.3 Å². The van der Waals surface area contributed by atoms with E-state index in [1.54, 1.807) is 12.1 Å². The van der Waals surface area contributed by atoms with Crippen LogP contribution in [0.4, 0.5) is 0 Å².